The van der Waals surface area contributed by atoms with Gasteiger partial charge in [-0.2, -0.15) is 0 Å². The van der Waals surface area contributed by atoms with E-state index in [1.54, 1.807) is 20.8 Å². The standard InChI is InChI=1S/C28H35BN2O8/c1-25(2,3)37-24(33)30-28(16-22(17-28)36-23(32)18-8-14-21(15-9-18)31(34)35)19-10-12-20(13-11-19)29-38-26(4,5)27(6,7)39-29/h8-15,22H,16-17H2,1-7H3,(H,30,33)/t22-,28+. The number of ether oxygens (including phenoxy) is 2. The number of alkyl carbamates (subject to hydrolysis) is 1. The molecule has 1 aliphatic carbocycles. The topological polar surface area (TPSA) is 126 Å². The fraction of sp³-hybridized carbons (Fsp3) is 0.500. The minimum Gasteiger partial charge on any atom is -0.459 e. The monoisotopic (exact) mass is 538 g/mol. The lowest BCUT2D eigenvalue weighted by Crippen LogP contribution is -2.58. The second kappa shape index (κ2) is 9.95. The summed E-state index contributed by atoms with van der Waals surface area (Å²) in [5.74, 6) is -0.586. The van der Waals surface area contributed by atoms with Gasteiger partial charge in [-0.3, -0.25) is 10.1 Å². The molecule has 0 bridgehead atoms. The number of nitrogens with zero attached hydrogens (tertiary/aromatic N) is 1. The Bertz CT molecular complexity index is 1230. The van der Waals surface area contributed by atoms with Crippen LogP contribution in [0.4, 0.5) is 10.5 Å². The number of nitrogens with one attached hydrogen (secondary N) is 1. The molecule has 1 aliphatic heterocycles. The molecule has 39 heavy (non-hydrogen) atoms. The first-order chi connectivity index (χ1) is 18.0. The zero-order chi connectivity index (χ0) is 28.8. The average molecular weight is 538 g/mol. The summed E-state index contributed by atoms with van der Waals surface area (Å²) in [5, 5.41) is 13.9. The third-order valence-corrected chi connectivity index (χ3v) is 7.47. The molecule has 208 valence electrons. The predicted octanol–water partition coefficient (Wildman–Crippen LogP) is 4.63. The molecule has 2 aromatic rings. The smallest absolute Gasteiger partial charge is 0.459 e. The maximum atomic E-state index is 12.8. The van der Waals surface area contributed by atoms with E-state index >= 15 is 0 Å². The molecule has 0 unspecified atom stereocenters. The zero-order valence-electron chi connectivity index (χ0n) is 23.4. The van der Waals surface area contributed by atoms with Crippen LogP contribution in [0.1, 0.15) is 77.2 Å². The van der Waals surface area contributed by atoms with Gasteiger partial charge in [-0.05, 0) is 71.6 Å². The molecule has 2 aliphatic rings. The summed E-state index contributed by atoms with van der Waals surface area (Å²) in [7, 11) is -0.518. The number of hydrogen-bond acceptors (Lipinski definition) is 8. The summed E-state index contributed by atoms with van der Waals surface area (Å²) in [4.78, 5) is 35.8. The van der Waals surface area contributed by atoms with Crippen LogP contribution in [-0.2, 0) is 24.3 Å². The highest BCUT2D eigenvalue weighted by Crippen LogP contribution is 2.44. The van der Waals surface area contributed by atoms with E-state index in [0.29, 0.717) is 12.8 Å². The SMILES string of the molecule is CC(C)(C)OC(=O)N[C@]1(c2ccc(B3OC(C)(C)C(C)(C)O3)cc2)C[C@H](OC(=O)c2ccc([N+](=O)[O-])cc2)C1. The Kier molecular flexibility index (Phi) is 7.29. The van der Waals surface area contributed by atoms with Crippen molar-refractivity contribution in [2.75, 3.05) is 0 Å². The van der Waals surface area contributed by atoms with Gasteiger partial charge in [0.2, 0.25) is 0 Å². The van der Waals surface area contributed by atoms with E-state index in [0.717, 1.165) is 11.0 Å². The second-order valence-corrected chi connectivity index (χ2v) is 12.2. The molecule has 0 aromatic heterocycles. The van der Waals surface area contributed by atoms with Gasteiger partial charge in [-0.15, -0.1) is 0 Å². The molecule has 1 amide bonds. The fourth-order valence-corrected chi connectivity index (χ4v) is 4.59. The van der Waals surface area contributed by atoms with Gasteiger partial charge in [-0.25, -0.2) is 9.59 Å². The van der Waals surface area contributed by atoms with Crippen LogP contribution in [-0.4, -0.2) is 47.0 Å². The summed E-state index contributed by atoms with van der Waals surface area (Å²) < 4.78 is 23.5. The summed E-state index contributed by atoms with van der Waals surface area (Å²) in [5.41, 5.74) is -0.643. The van der Waals surface area contributed by atoms with Crippen molar-refractivity contribution in [3.05, 3.63) is 69.8 Å². The van der Waals surface area contributed by atoms with Gasteiger partial charge in [0.05, 0.1) is 27.2 Å². The molecule has 2 fully saturated rings. The molecular formula is C28H35BN2O8. The third kappa shape index (κ3) is 6.09. The predicted molar refractivity (Wildman–Crippen MR) is 145 cm³/mol. The number of non-ortho nitro benzene ring substituents is 1. The molecule has 1 heterocycles. The van der Waals surface area contributed by atoms with E-state index < -0.39 is 52.6 Å². The molecule has 2 aromatic carbocycles. The van der Waals surface area contributed by atoms with Crippen LogP contribution in [0.25, 0.3) is 0 Å². The summed E-state index contributed by atoms with van der Waals surface area (Å²) in [6.07, 6.45) is -0.371. The normalized spacial score (nSPS) is 23.5. The molecule has 1 saturated heterocycles. The number of amides is 1. The average Bonchev–Trinajstić information content (AvgIpc) is 3.03. The molecule has 1 saturated carbocycles. The fourth-order valence-electron chi connectivity index (χ4n) is 4.59. The van der Waals surface area contributed by atoms with Crippen molar-refractivity contribution in [3.63, 3.8) is 0 Å². The van der Waals surface area contributed by atoms with Crippen molar-refractivity contribution in [2.24, 2.45) is 0 Å². The molecule has 4 rings (SSSR count). The van der Waals surface area contributed by atoms with Crippen molar-refractivity contribution in [1.82, 2.24) is 5.32 Å². The lowest BCUT2D eigenvalue weighted by atomic mass is 9.68. The number of carbonyl (C=O) groups excluding carboxylic acids is 2. The van der Waals surface area contributed by atoms with Gasteiger partial charge in [-0.1, -0.05) is 24.3 Å². The quantitative estimate of drug-likeness (QED) is 0.244. The number of hydrogen-bond donors (Lipinski definition) is 1. The van der Waals surface area contributed by atoms with Crippen molar-refractivity contribution in [1.29, 1.82) is 0 Å². The maximum absolute atomic E-state index is 12.8. The Morgan fingerprint density at radius 2 is 1.51 bits per heavy atom. The number of nitro benzene ring substituents is 1. The number of rotatable bonds is 6. The van der Waals surface area contributed by atoms with Crippen molar-refractivity contribution >= 4 is 30.3 Å². The van der Waals surface area contributed by atoms with Crippen LogP contribution in [0.5, 0.6) is 0 Å². The van der Waals surface area contributed by atoms with Gasteiger partial charge < -0.3 is 24.1 Å². The highest BCUT2D eigenvalue weighted by Gasteiger charge is 2.52. The molecule has 11 heteroatoms. The molecule has 1 N–H and O–H groups in total. The van der Waals surface area contributed by atoms with E-state index in [-0.39, 0.29) is 11.3 Å². The van der Waals surface area contributed by atoms with E-state index in [4.69, 9.17) is 18.8 Å². The second-order valence-electron chi connectivity index (χ2n) is 12.2. The Hall–Kier alpha value is -3.44. The van der Waals surface area contributed by atoms with E-state index in [2.05, 4.69) is 5.32 Å². The largest absolute Gasteiger partial charge is 0.494 e. The lowest BCUT2D eigenvalue weighted by molar-refractivity contribution is -0.384. The number of benzene rings is 2. The summed E-state index contributed by atoms with van der Waals surface area (Å²) >= 11 is 0. The van der Waals surface area contributed by atoms with Gasteiger partial charge >= 0.3 is 19.2 Å². The van der Waals surface area contributed by atoms with Crippen LogP contribution >= 0.6 is 0 Å². The van der Waals surface area contributed by atoms with Gasteiger partial charge in [0.15, 0.2) is 0 Å². The van der Waals surface area contributed by atoms with Crippen molar-refractivity contribution < 1.29 is 33.3 Å². The minimum atomic E-state index is -0.808. The Morgan fingerprint density at radius 1 is 0.974 bits per heavy atom. The van der Waals surface area contributed by atoms with E-state index in [9.17, 15) is 19.7 Å². The minimum absolute atomic E-state index is 0.111. The van der Waals surface area contributed by atoms with E-state index in [1.807, 2.05) is 52.0 Å². The Balaban J connectivity index is 1.49. The highest BCUT2D eigenvalue weighted by molar-refractivity contribution is 6.62. The first-order valence-corrected chi connectivity index (χ1v) is 12.9. The first kappa shape index (κ1) is 28.6. The lowest BCUT2D eigenvalue weighted by Gasteiger charge is -2.47. The number of esters is 1. The Morgan fingerprint density at radius 3 is 2.00 bits per heavy atom. The maximum Gasteiger partial charge on any atom is 0.494 e. The molecule has 0 spiro atoms. The summed E-state index contributed by atoms with van der Waals surface area (Å²) in [6.45, 7) is 13.3. The van der Waals surface area contributed by atoms with Crippen LogP contribution in [0.15, 0.2) is 48.5 Å². The molecular weight excluding hydrogens is 503 g/mol. The van der Waals surface area contributed by atoms with Crippen LogP contribution in [0.3, 0.4) is 0 Å². The Labute approximate surface area is 228 Å². The van der Waals surface area contributed by atoms with Gasteiger partial charge in [0, 0.05) is 25.0 Å². The molecule has 10 nitrogen and oxygen atoms in total. The van der Waals surface area contributed by atoms with Gasteiger partial charge in [0.25, 0.3) is 5.69 Å². The first-order valence-electron chi connectivity index (χ1n) is 12.9. The van der Waals surface area contributed by atoms with Crippen molar-refractivity contribution in [2.45, 2.75) is 89.8 Å². The number of nitro groups is 1. The third-order valence-electron chi connectivity index (χ3n) is 7.47. The highest BCUT2D eigenvalue weighted by atomic mass is 16.7. The van der Waals surface area contributed by atoms with E-state index in [1.165, 1.54) is 24.3 Å². The number of carbonyl (C=O) groups is 2. The summed E-state index contributed by atoms with van der Waals surface area (Å²) in [6, 6.07) is 12.9. The van der Waals surface area contributed by atoms with Crippen molar-refractivity contribution in [3.8, 4) is 0 Å². The zero-order valence-corrected chi connectivity index (χ0v) is 23.4. The molecule has 0 radical (unpaired) electrons. The van der Waals surface area contributed by atoms with Gasteiger partial charge in [0.1, 0.15) is 11.7 Å². The van der Waals surface area contributed by atoms with Crippen LogP contribution in [0, 0.1) is 10.1 Å². The van der Waals surface area contributed by atoms with Crippen LogP contribution in [0.2, 0.25) is 0 Å². The molecule has 0 atom stereocenters. The van der Waals surface area contributed by atoms with Crippen LogP contribution < -0.4 is 10.8 Å².